The minimum absolute atomic E-state index is 0.581. The van der Waals surface area contributed by atoms with Crippen molar-refractivity contribution in [3.8, 4) is 0 Å². The van der Waals surface area contributed by atoms with Gasteiger partial charge in [0.25, 0.3) is 0 Å². The minimum atomic E-state index is -0.667. The Morgan fingerprint density at radius 1 is 0.923 bits per heavy atom. The van der Waals surface area contributed by atoms with Crippen LogP contribution < -0.4 is 0 Å². The second kappa shape index (κ2) is 8.60. The minimum Gasteiger partial charge on any atom is -0.442 e. The SMILES string of the molecule is CCC/C=C1/C=C(CCC)N(C(=O)OC(C)(C)C)N1C(=O)OC(C)(C)C. The van der Waals surface area contributed by atoms with E-state index in [1.807, 2.05) is 19.1 Å². The summed E-state index contributed by atoms with van der Waals surface area (Å²) in [6, 6.07) is 0. The number of hydrogen-bond acceptors (Lipinski definition) is 4. The summed E-state index contributed by atoms with van der Waals surface area (Å²) in [4.78, 5) is 25.7. The average molecular weight is 367 g/mol. The molecule has 0 saturated heterocycles. The number of carbonyl (C=O) groups excluding carboxylic acids is 2. The first-order valence-corrected chi connectivity index (χ1v) is 9.36. The first-order valence-electron chi connectivity index (χ1n) is 9.36. The van der Waals surface area contributed by atoms with Crippen LogP contribution in [-0.2, 0) is 9.47 Å². The smallest absolute Gasteiger partial charge is 0.434 e. The first-order chi connectivity index (χ1) is 11.9. The van der Waals surface area contributed by atoms with Gasteiger partial charge in [0.15, 0.2) is 0 Å². The lowest BCUT2D eigenvalue weighted by Crippen LogP contribution is -2.48. The van der Waals surface area contributed by atoms with E-state index in [2.05, 4.69) is 6.92 Å². The zero-order valence-corrected chi connectivity index (χ0v) is 17.5. The van der Waals surface area contributed by atoms with Gasteiger partial charge in [-0.05, 0) is 60.5 Å². The van der Waals surface area contributed by atoms with Gasteiger partial charge < -0.3 is 9.47 Å². The molecule has 0 aliphatic carbocycles. The standard InChI is InChI=1S/C20H34N2O4/c1-9-11-13-16-14-15(12-10-2)21(17(23)25-19(3,4)5)22(16)18(24)26-20(6,7)8/h13-14H,9-12H2,1-8H3/b16-13-. The Morgan fingerprint density at radius 2 is 1.42 bits per heavy atom. The zero-order chi connectivity index (χ0) is 20.1. The van der Waals surface area contributed by atoms with Gasteiger partial charge in [-0.15, -0.1) is 0 Å². The lowest BCUT2D eigenvalue weighted by molar-refractivity contribution is -0.0314. The second-order valence-corrected chi connectivity index (χ2v) is 8.39. The summed E-state index contributed by atoms with van der Waals surface area (Å²) in [6.45, 7) is 14.9. The van der Waals surface area contributed by atoms with Crippen LogP contribution in [0.15, 0.2) is 23.5 Å². The van der Waals surface area contributed by atoms with Crippen LogP contribution in [0.1, 0.15) is 81.1 Å². The number of hydrogen-bond donors (Lipinski definition) is 0. The van der Waals surface area contributed by atoms with Crippen LogP contribution in [0, 0.1) is 0 Å². The average Bonchev–Trinajstić information content (AvgIpc) is 2.80. The molecule has 0 aromatic rings. The normalized spacial score (nSPS) is 16.8. The van der Waals surface area contributed by atoms with Crippen molar-refractivity contribution in [3.05, 3.63) is 23.5 Å². The summed E-state index contributed by atoms with van der Waals surface area (Å²) in [5.74, 6) is 0. The van der Waals surface area contributed by atoms with Crippen molar-refractivity contribution in [3.63, 3.8) is 0 Å². The van der Waals surface area contributed by atoms with E-state index in [0.717, 1.165) is 25.0 Å². The Labute approximate surface area is 157 Å². The number of hydrazine groups is 1. The van der Waals surface area contributed by atoms with Gasteiger partial charge in [-0.1, -0.05) is 32.8 Å². The molecule has 0 aromatic carbocycles. The highest BCUT2D eigenvalue weighted by Crippen LogP contribution is 2.32. The highest BCUT2D eigenvalue weighted by atomic mass is 16.6. The highest BCUT2D eigenvalue weighted by molar-refractivity contribution is 5.80. The van der Waals surface area contributed by atoms with Crippen LogP contribution in [0.2, 0.25) is 0 Å². The molecular weight excluding hydrogens is 332 g/mol. The largest absolute Gasteiger partial charge is 0.442 e. The molecular formula is C20H34N2O4. The van der Waals surface area contributed by atoms with Gasteiger partial charge in [0.1, 0.15) is 11.2 Å². The van der Waals surface area contributed by atoms with E-state index >= 15 is 0 Å². The van der Waals surface area contributed by atoms with Crippen LogP contribution in [0.3, 0.4) is 0 Å². The van der Waals surface area contributed by atoms with E-state index in [9.17, 15) is 9.59 Å². The fraction of sp³-hybridized carbons (Fsp3) is 0.700. The Bertz CT molecular complexity index is 580. The van der Waals surface area contributed by atoms with E-state index in [4.69, 9.17) is 9.47 Å². The third-order valence-electron chi connectivity index (χ3n) is 3.31. The van der Waals surface area contributed by atoms with E-state index in [-0.39, 0.29) is 0 Å². The number of ether oxygens (including phenoxy) is 2. The Morgan fingerprint density at radius 3 is 1.85 bits per heavy atom. The maximum Gasteiger partial charge on any atom is 0.434 e. The molecule has 148 valence electrons. The van der Waals surface area contributed by atoms with Gasteiger partial charge >= 0.3 is 12.2 Å². The Kier molecular flexibility index (Phi) is 7.30. The van der Waals surface area contributed by atoms with Crippen LogP contribution in [0.5, 0.6) is 0 Å². The summed E-state index contributed by atoms with van der Waals surface area (Å²) >= 11 is 0. The number of nitrogens with zero attached hydrogens (tertiary/aromatic N) is 2. The molecule has 0 spiro atoms. The highest BCUT2D eigenvalue weighted by Gasteiger charge is 2.40. The van der Waals surface area contributed by atoms with Crippen molar-refractivity contribution in [2.45, 2.75) is 92.3 Å². The van der Waals surface area contributed by atoms with Crippen molar-refractivity contribution >= 4 is 12.2 Å². The summed E-state index contributed by atoms with van der Waals surface area (Å²) in [7, 11) is 0. The first kappa shape index (κ1) is 22.1. The molecule has 6 heteroatoms. The molecule has 0 atom stereocenters. The quantitative estimate of drug-likeness (QED) is 0.635. The fourth-order valence-electron chi connectivity index (χ4n) is 2.41. The topological polar surface area (TPSA) is 59.1 Å². The second-order valence-electron chi connectivity index (χ2n) is 8.39. The summed E-state index contributed by atoms with van der Waals surface area (Å²) in [6.07, 6.45) is 5.88. The molecule has 26 heavy (non-hydrogen) atoms. The van der Waals surface area contributed by atoms with Gasteiger partial charge in [-0.2, -0.15) is 10.0 Å². The van der Waals surface area contributed by atoms with E-state index in [1.54, 1.807) is 41.5 Å². The molecule has 2 amide bonds. The Balaban J connectivity index is 3.29. The van der Waals surface area contributed by atoms with Crippen molar-refractivity contribution < 1.29 is 19.1 Å². The summed E-state index contributed by atoms with van der Waals surface area (Å²) in [5.41, 5.74) is 0.0506. The van der Waals surface area contributed by atoms with Gasteiger partial charge in [-0.3, -0.25) is 0 Å². The summed E-state index contributed by atoms with van der Waals surface area (Å²) < 4.78 is 11.1. The van der Waals surface area contributed by atoms with Crippen LogP contribution >= 0.6 is 0 Å². The molecule has 0 radical (unpaired) electrons. The lowest BCUT2D eigenvalue weighted by Gasteiger charge is -2.33. The number of rotatable bonds is 4. The van der Waals surface area contributed by atoms with Crippen molar-refractivity contribution in [1.29, 1.82) is 0 Å². The molecule has 0 fully saturated rings. The van der Waals surface area contributed by atoms with Crippen LogP contribution in [0.25, 0.3) is 0 Å². The van der Waals surface area contributed by atoms with Gasteiger partial charge in [-0.25, -0.2) is 9.59 Å². The predicted molar refractivity (Wildman–Crippen MR) is 102 cm³/mol. The maximum atomic E-state index is 12.8. The third kappa shape index (κ3) is 6.39. The molecule has 0 aromatic heterocycles. The van der Waals surface area contributed by atoms with E-state index in [0.29, 0.717) is 12.1 Å². The lowest BCUT2D eigenvalue weighted by atomic mass is 10.2. The molecule has 0 saturated carbocycles. The fourth-order valence-corrected chi connectivity index (χ4v) is 2.41. The molecule has 6 nitrogen and oxygen atoms in total. The number of unbranched alkanes of at least 4 members (excludes halogenated alkanes) is 1. The predicted octanol–water partition coefficient (Wildman–Crippen LogP) is 5.76. The number of amides is 2. The van der Waals surface area contributed by atoms with E-state index < -0.39 is 23.4 Å². The molecule has 1 rings (SSSR count). The monoisotopic (exact) mass is 366 g/mol. The van der Waals surface area contributed by atoms with Gasteiger partial charge in [0, 0.05) is 0 Å². The van der Waals surface area contributed by atoms with E-state index in [1.165, 1.54) is 10.0 Å². The van der Waals surface area contributed by atoms with Crippen molar-refractivity contribution in [2.24, 2.45) is 0 Å². The molecule has 0 bridgehead atoms. The summed E-state index contributed by atoms with van der Waals surface area (Å²) in [5, 5.41) is 2.60. The van der Waals surface area contributed by atoms with Crippen LogP contribution in [-0.4, -0.2) is 33.4 Å². The molecule has 0 unspecified atom stereocenters. The van der Waals surface area contributed by atoms with Gasteiger partial charge in [0.2, 0.25) is 0 Å². The van der Waals surface area contributed by atoms with Crippen molar-refractivity contribution in [1.82, 2.24) is 10.0 Å². The zero-order valence-electron chi connectivity index (χ0n) is 17.5. The number of allylic oxidation sites excluding steroid dienone is 3. The number of carbonyl (C=O) groups is 2. The molecule has 0 N–H and O–H groups in total. The van der Waals surface area contributed by atoms with Crippen LogP contribution in [0.4, 0.5) is 9.59 Å². The van der Waals surface area contributed by atoms with Crippen molar-refractivity contribution in [2.75, 3.05) is 0 Å². The van der Waals surface area contributed by atoms with Gasteiger partial charge in [0.05, 0.1) is 11.4 Å². The molecule has 1 aliphatic rings. The Hall–Kier alpha value is -1.98. The maximum absolute atomic E-state index is 12.8. The molecule has 1 aliphatic heterocycles. The third-order valence-corrected chi connectivity index (χ3v) is 3.31. The molecule has 1 heterocycles.